The van der Waals surface area contributed by atoms with Crippen LogP contribution in [0.1, 0.15) is 15.2 Å². The molecule has 94 valence electrons. The van der Waals surface area contributed by atoms with Crippen LogP contribution < -0.4 is 5.73 Å². The Labute approximate surface area is 116 Å². The minimum Gasteiger partial charge on any atom is -0.456 e. The molecule has 3 nitrogen and oxygen atoms in total. The van der Waals surface area contributed by atoms with Crippen LogP contribution in [0, 0.1) is 5.82 Å². The van der Waals surface area contributed by atoms with Crippen molar-refractivity contribution in [3.05, 3.63) is 50.4 Å². The molecule has 1 heterocycles. The van der Waals surface area contributed by atoms with E-state index in [0.29, 0.717) is 5.69 Å². The van der Waals surface area contributed by atoms with Crippen molar-refractivity contribution < 1.29 is 13.9 Å². The maximum Gasteiger partial charge on any atom is 0.341 e. The van der Waals surface area contributed by atoms with Gasteiger partial charge in [0.15, 0.2) is 0 Å². The van der Waals surface area contributed by atoms with Gasteiger partial charge in [-0.1, -0.05) is 0 Å². The van der Waals surface area contributed by atoms with E-state index in [0.717, 1.165) is 15.4 Å². The van der Waals surface area contributed by atoms with Crippen molar-refractivity contribution in [2.45, 2.75) is 6.61 Å². The van der Waals surface area contributed by atoms with Crippen LogP contribution in [0.5, 0.6) is 0 Å². The van der Waals surface area contributed by atoms with Gasteiger partial charge in [-0.15, -0.1) is 11.3 Å². The number of carbonyl (C=O) groups is 1. The molecule has 2 N–H and O–H groups in total. The van der Waals surface area contributed by atoms with Crippen molar-refractivity contribution >= 4 is 38.9 Å². The highest BCUT2D eigenvalue weighted by Gasteiger charge is 2.14. The Kier molecular flexibility index (Phi) is 3.98. The highest BCUT2D eigenvalue weighted by atomic mass is 79.9. The second kappa shape index (κ2) is 5.49. The lowest BCUT2D eigenvalue weighted by atomic mass is 10.2. The Hall–Kier alpha value is -1.40. The molecule has 0 fully saturated rings. The van der Waals surface area contributed by atoms with Gasteiger partial charge in [0.2, 0.25) is 0 Å². The van der Waals surface area contributed by atoms with Crippen LogP contribution >= 0.6 is 27.3 Å². The summed E-state index contributed by atoms with van der Waals surface area (Å²) >= 11 is 4.78. The van der Waals surface area contributed by atoms with E-state index < -0.39 is 11.8 Å². The van der Waals surface area contributed by atoms with Crippen molar-refractivity contribution in [1.82, 2.24) is 0 Å². The Balaban J connectivity index is 2.08. The lowest BCUT2D eigenvalue weighted by molar-refractivity contribution is 0.0471. The lowest BCUT2D eigenvalue weighted by Crippen LogP contribution is -2.08. The van der Waals surface area contributed by atoms with Gasteiger partial charge < -0.3 is 10.5 Å². The van der Waals surface area contributed by atoms with Crippen LogP contribution in [-0.4, -0.2) is 5.97 Å². The number of ether oxygens (including phenoxy) is 1. The van der Waals surface area contributed by atoms with Gasteiger partial charge in [-0.3, -0.25) is 0 Å². The number of halogens is 2. The number of hydrogen-bond donors (Lipinski definition) is 1. The number of thiophene rings is 1. The number of rotatable bonds is 3. The molecule has 0 bridgehead atoms. The van der Waals surface area contributed by atoms with Crippen LogP contribution in [0.3, 0.4) is 0 Å². The largest absolute Gasteiger partial charge is 0.456 e. The molecule has 0 radical (unpaired) electrons. The first-order valence-electron chi connectivity index (χ1n) is 5.02. The summed E-state index contributed by atoms with van der Waals surface area (Å²) in [4.78, 5) is 12.6. The average Bonchev–Trinajstić information content (AvgIpc) is 2.75. The predicted molar refractivity (Wildman–Crippen MR) is 72.0 cm³/mol. The number of esters is 1. The summed E-state index contributed by atoms with van der Waals surface area (Å²) in [6, 6.07) is 5.66. The maximum atomic E-state index is 13.4. The molecule has 2 aromatic rings. The fourth-order valence-electron chi connectivity index (χ4n) is 1.34. The fourth-order valence-corrected chi connectivity index (χ4v) is 2.71. The van der Waals surface area contributed by atoms with Crippen LogP contribution in [0.4, 0.5) is 10.1 Å². The van der Waals surface area contributed by atoms with Gasteiger partial charge in [-0.25, -0.2) is 9.18 Å². The zero-order valence-electron chi connectivity index (χ0n) is 9.15. The minimum atomic E-state index is -0.722. The number of carbonyl (C=O) groups excluding carboxylic acids is 1. The van der Waals surface area contributed by atoms with Gasteiger partial charge in [0, 0.05) is 10.2 Å². The number of anilines is 1. The second-order valence-corrected chi connectivity index (χ2v) is 5.36. The van der Waals surface area contributed by atoms with Crippen molar-refractivity contribution in [2.24, 2.45) is 0 Å². The third-order valence-corrected chi connectivity index (χ3v) is 4.14. The fraction of sp³-hybridized carbons (Fsp3) is 0.0833. The first kappa shape index (κ1) is 13.0. The molecule has 0 atom stereocenters. The number of nitrogens with two attached hydrogens (primary N) is 1. The Morgan fingerprint density at radius 1 is 1.44 bits per heavy atom. The third-order valence-electron chi connectivity index (χ3n) is 2.24. The summed E-state index contributed by atoms with van der Waals surface area (Å²) in [5.74, 6) is -1.36. The van der Waals surface area contributed by atoms with Gasteiger partial charge in [0.1, 0.15) is 12.4 Å². The first-order valence-corrected chi connectivity index (χ1v) is 6.69. The molecule has 0 unspecified atom stereocenters. The van der Waals surface area contributed by atoms with Gasteiger partial charge >= 0.3 is 5.97 Å². The summed E-state index contributed by atoms with van der Waals surface area (Å²) in [6.45, 7) is 0.103. The summed E-state index contributed by atoms with van der Waals surface area (Å²) in [5.41, 5.74) is 5.67. The summed E-state index contributed by atoms with van der Waals surface area (Å²) in [6.07, 6.45) is 0. The molecule has 1 aromatic heterocycles. The molecule has 6 heteroatoms. The molecular formula is C12H9BrFNO2S. The molecule has 2 rings (SSSR count). The Bertz CT molecular complexity index is 585. The molecule has 0 saturated heterocycles. The molecule has 0 saturated carbocycles. The van der Waals surface area contributed by atoms with Crippen LogP contribution in [-0.2, 0) is 11.3 Å². The van der Waals surface area contributed by atoms with E-state index in [2.05, 4.69) is 15.9 Å². The van der Waals surface area contributed by atoms with Gasteiger partial charge in [-0.05, 0) is 45.6 Å². The summed E-state index contributed by atoms with van der Waals surface area (Å²) in [7, 11) is 0. The smallest absolute Gasteiger partial charge is 0.341 e. The second-order valence-electron chi connectivity index (χ2n) is 3.51. The first-order chi connectivity index (χ1) is 8.58. The van der Waals surface area contributed by atoms with E-state index in [1.807, 2.05) is 11.4 Å². The molecule has 0 aliphatic rings. The molecule has 18 heavy (non-hydrogen) atoms. The van der Waals surface area contributed by atoms with Crippen LogP contribution in [0.2, 0.25) is 0 Å². The highest BCUT2D eigenvalue weighted by Crippen LogP contribution is 2.24. The molecule has 1 aromatic carbocycles. The zero-order chi connectivity index (χ0) is 13.1. The van der Waals surface area contributed by atoms with E-state index >= 15 is 0 Å². The van der Waals surface area contributed by atoms with Crippen molar-refractivity contribution in [2.75, 3.05) is 5.73 Å². The normalized spacial score (nSPS) is 10.3. The van der Waals surface area contributed by atoms with Gasteiger partial charge in [-0.2, -0.15) is 0 Å². The van der Waals surface area contributed by atoms with Crippen molar-refractivity contribution in [3.63, 3.8) is 0 Å². The Morgan fingerprint density at radius 3 is 2.89 bits per heavy atom. The SMILES string of the molecule is Nc1ccc(F)c(C(=O)OCc2sccc2Br)c1. The van der Waals surface area contributed by atoms with E-state index in [1.165, 1.54) is 23.5 Å². The van der Waals surface area contributed by atoms with Gasteiger partial charge in [0.25, 0.3) is 0 Å². The topological polar surface area (TPSA) is 52.3 Å². The minimum absolute atomic E-state index is 0.103. The quantitative estimate of drug-likeness (QED) is 0.691. The molecule has 0 aliphatic carbocycles. The molecular weight excluding hydrogens is 321 g/mol. The van der Waals surface area contributed by atoms with E-state index in [1.54, 1.807) is 0 Å². The zero-order valence-corrected chi connectivity index (χ0v) is 11.6. The number of benzene rings is 1. The standard InChI is InChI=1S/C12H9BrFNO2S/c13-9-3-4-18-11(9)6-17-12(16)8-5-7(15)1-2-10(8)14/h1-5H,6,15H2. The van der Waals surface area contributed by atoms with E-state index in [4.69, 9.17) is 10.5 Å². The third kappa shape index (κ3) is 2.88. The highest BCUT2D eigenvalue weighted by molar-refractivity contribution is 9.10. The monoisotopic (exact) mass is 329 g/mol. The number of hydrogen-bond acceptors (Lipinski definition) is 4. The van der Waals surface area contributed by atoms with Gasteiger partial charge in [0.05, 0.1) is 10.4 Å². The predicted octanol–water partition coefficient (Wildman–Crippen LogP) is 3.59. The average molecular weight is 330 g/mol. The lowest BCUT2D eigenvalue weighted by Gasteiger charge is -2.05. The van der Waals surface area contributed by atoms with E-state index in [-0.39, 0.29) is 12.2 Å². The maximum absolute atomic E-state index is 13.4. The number of nitrogen functional groups attached to an aromatic ring is 1. The molecule has 0 spiro atoms. The van der Waals surface area contributed by atoms with E-state index in [9.17, 15) is 9.18 Å². The molecule has 0 amide bonds. The van der Waals surface area contributed by atoms with Crippen LogP contribution in [0.25, 0.3) is 0 Å². The van der Waals surface area contributed by atoms with Crippen LogP contribution in [0.15, 0.2) is 34.1 Å². The van der Waals surface area contributed by atoms with Crippen molar-refractivity contribution in [3.8, 4) is 0 Å². The van der Waals surface area contributed by atoms with Crippen molar-refractivity contribution in [1.29, 1.82) is 0 Å². The Morgan fingerprint density at radius 2 is 2.22 bits per heavy atom. The summed E-state index contributed by atoms with van der Waals surface area (Å²) in [5, 5.41) is 1.87. The summed E-state index contributed by atoms with van der Waals surface area (Å²) < 4.78 is 19.3. The molecule has 0 aliphatic heterocycles.